The Hall–Kier alpha value is -1.26. The van der Waals surface area contributed by atoms with Crippen molar-refractivity contribution in [3.8, 4) is 0 Å². The molecule has 5 heteroatoms. The van der Waals surface area contributed by atoms with Gasteiger partial charge < -0.3 is 10.5 Å². The molecule has 0 rings (SSSR count). The van der Waals surface area contributed by atoms with Gasteiger partial charge in [-0.05, 0) is 6.42 Å². The molecule has 0 aromatic heterocycles. The maximum absolute atomic E-state index is 10.9. The molecule has 0 aliphatic carbocycles. The lowest BCUT2D eigenvalue weighted by atomic mass is 10.1. The predicted octanol–water partition coefficient (Wildman–Crippen LogP) is 4.49. The minimum atomic E-state index is -0.880. The van der Waals surface area contributed by atoms with Gasteiger partial charge in [0.2, 0.25) is 0 Å². The van der Waals surface area contributed by atoms with E-state index in [0.29, 0.717) is 6.61 Å². The van der Waals surface area contributed by atoms with Crippen molar-refractivity contribution in [2.75, 3.05) is 6.61 Å². The summed E-state index contributed by atoms with van der Waals surface area (Å²) in [6.07, 6.45) is 14.4. The molecule has 0 bridgehead atoms. The van der Waals surface area contributed by atoms with Gasteiger partial charge in [-0.15, -0.1) is 0 Å². The first kappa shape index (κ1) is 19.7. The van der Waals surface area contributed by atoms with Crippen LogP contribution in [0, 0.1) is 0 Å². The summed E-state index contributed by atoms with van der Waals surface area (Å²) in [4.78, 5) is 21.3. The average molecular weight is 300 g/mol. The maximum atomic E-state index is 10.9. The number of carbonyl (C=O) groups is 2. The van der Waals surface area contributed by atoms with Crippen LogP contribution in [0.4, 0.5) is 9.59 Å². The van der Waals surface area contributed by atoms with E-state index in [9.17, 15) is 9.59 Å². The van der Waals surface area contributed by atoms with Gasteiger partial charge in [0.25, 0.3) is 0 Å². The number of primary amides is 1. The fourth-order valence-electron chi connectivity index (χ4n) is 2.24. The summed E-state index contributed by atoms with van der Waals surface area (Å²) in [6, 6.07) is -0.880. The highest BCUT2D eigenvalue weighted by molar-refractivity contribution is 5.89. The van der Waals surface area contributed by atoms with Crippen LogP contribution in [-0.4, -0.2) is 18.7 Å². The zero-order valence-corrected chi connectivity index (χ0v) is 13.5. The van der Waals surface area contributed by atoms with Gasteiger partial charge in [-0.3, -0.25) is 0 Å². The van der Waals surface area contributed by atoms with Gasteiger partial charge in [0.1, 0.15) is 0 Å². The maximum Gasteiger partial charge on any atom is 0.415 e. The molecule has 0 saturated heterocycles. The Bertz CT molecular complexity index is 270. The Morgan fingerprint density at radius 2 is 1.24 bits per heavy atom. The van der Waals surface area contributed by atoms with E-state index in [4.69, 9.17) is 10.5 Å². The second-order valence-electron chi connectivity index (χ2n) is 5.51. The molecule has 0 atom stereocenters. The monoisotopic (exact) mass is 300 g/mol. The van der Waals surface area contributed by atoms with E-state index in [1.165, 1.54) is 64.2 Å². The van der Waals surface area contributed by atoms with E-state index in [2.05, 4.69) is 6.92 Å². The van der Waals surface area contributed by atoms with Gasteiger partial charge in [0.05, 0.1) is 6.61 Å². The van der Waals surface area contributed by atoms with Gasteiger partial charge in [-0.2, -0.15) is 0 Å². The normalized spacial score (nSPS) is 10.3. The molecule has 21 heavy (non-hydrogen) atoms. The number of amides is 3. The summed E-state index contributed by atoms with van der Waals surface area (Å²) in [7, 11) is 0. The Labute approximate surface area is 129 Å². The third kappa shape index (κ3) is 16.7. The number of urea groups is 1. The Kier molecular flexibility index (Phi) is 14.2. The molecule has 0 heterocycles. The first-order valence-corrected chi connectivity index (χ1v) is 8.40. The van der Waals surface area contributed by atoms with Crippen molar-refractivity contribution in [1.29, 1.82) is 0 Å². The SMILES string of the molecule is CCCCCCCCCCCCCCOC(=O)NC(N)=O. The van der Waals surface area contributed by atoms with Gasteiger partial charge in [-0.1, -0.05) is 77.6 Å². The minimum Gasteiger partial charge on any atom is -0.449 e. The van der Waals surface area contributed by atoms with E-state index < -0.39 is 12.1 Å². The quantitative estimate of drug-likeness (QED) is 0.492. The predicted molar refractivity (Wildman–Crippen MR) is 85.1 cm³/mol. The van der Waals surface area contributed by atoms with Crippen LogP contribution in [0.25, 0.3) is 0 Å². The highest BCUT2D eigenvalue weighted by Gasteiger charge is 2.03. The highest BCUT2D eigenvalue weighted by atomic mass is 16.5. The number of unbranched alkanes of at least 4 members (excludes halogenated alkanes) is 11. The summed E-state index contributed by atoms with van der Waals surface area (Å²) >= 11 is 0. The second-order valence-corrected chi connectivity index (χ2v) is 5.51. The second kappa shape index (κ2) is 15.1. The molecule has 0 aliphatic heterocycles. The van der Waals surface area contributed by atoms with Crippen molar-refractivity contribution in [2.24, 2.45) is 5.73 Å². The molecular weight excluding hydrogens is 268 g/mol. The molecule has 0 aromatic carbocycles. The topological polar surface area (TPSA) is 81.4 Å². The van der Waals surface area contributed by atoms with Crippen molar-refractivity contribution in [1.82, 2.24) is 5.32 Å². The van der Waals surface area contributed by atoms with Crippen LogP contribution in [0.3, 0.4) is 0 Å². The van der Waals surface area contributed by atoms with E-state index in [0.717, 1.165) is 12.8 Å². The van der Waals surface area contributed by atoms with Crippen LogP contribution < -0.4 is 11.1 Å². The highest BCUT2D eigenvalue weighted by Crippen LogP contribution is 2.11. The number of nitrogens with two attached hydrogens (primary N) is 1. The molecule has 0 aromatic rings. The first-order chi connectivity index (χ1) is 10.2. The van der Waals surface area contributed by atoms with E-state index >= 15 is 0 Å². The first-order valence-electron chi connectivity index (χ1n) is 8.40. The standard InChI is InChI=1S/C16H32N2O3/c1-2-3-4-5-6-7-8-9-10-11-12-13-14-21-16(20)18-15(17)19/h2-14H2,1H3,(H3,17,18,19,20). The van der Waals surface area contributed by atoms with Gasteiger partial charge in [0.15, 0.2) is 0 Å². The molecule has 0 radical (unpaired) electrons. The van der Waals surface area contributed by atoms with Gasteiger partial charge in [-0.25, -0.2) is 14.9 Å². The van der Waals surface area contributed by atoms with Crippen LogP contribution in [0.1, 0.15) is 84.0 Å². The van der Waals surface area contributed by atoms with E-state index in [1.807, 2.05) is 5.32 Å². The minimum absolute atomic E-state index is 0.344. The van der Waals surface area contributed by atoms with E-state index in [1.54, 1.807) is 0 Å². The number of hydrogen-bond donors (Lipinski definition) is 2. The lowest BCUT2D eigenvalue weighted by molar-refractivity contribution is 0.145. The van der Waals surface area contributed by atoms with Crippen molar-refractivity contribution in [2.45, 2.75) is 84.0 Å². The van der Waals surface area contributed by atoms with Crippen molar-refractivity contribution >= 4 is 12.1 Å². The molecule has 0 aliphatic rings. The number of hydrogen-bond acceptors (Lipinski definition) is 3. The summed E-state index contributed by atoms with van der Waals surface area (Å²) < 4.78 is 4.79. The van der Waals surface area contributed by atoms with Crippen LogP contribution in [0.15, 0.2) is 0 Å². The van der Waals surface area contributed by atoms with Crippen LogP contribution in [-0.2, 0) is 4.74 Å². The van der Waals surface area contributed by atoms with Crippen molar-refractivity contribution in [3.63, 3.8) is 0 Å². The Morgan fingerprint density at radius 3 is 1.67 bits per heavy atom. The zero-order valence-electron chi connectivity index (χ0n) is 13.5. The number of alkyl carbamates (subject to hydrolysis) is 1. The van der Waals surface area contributed by atoms with Gasteiger partial charge >= 0.3 is 12.1 Å². The Morgan fingerprint density at radius 1 is 0.810 bits per heavy atom. The zero-order chi connectivity index (χ0) is 15.8. The number of nitrogens with one attached hydrogen (secondary N) is 1. The van der Waals surface area contributed by atoms with E-state index in [-0.39, 0.29) is 0 Å². The molecule has 0 fully saturated rings. The van der Waals surface area contributed by atoms with Gasteiger partial charge in [0, 0.05) is 0 Å². The lowest BCUT2D eigenvalue weighted by Crippen LogP contribution is -2.35. The van der Waals surface area contributed by atoms with Crippen LogP contribution in [0.5, 0.6) is 0 Å². The molecule has 0 saturated carbocycles. The van der Waals surface area contributed by atoms with Crippen molar-refractivity contribution < 1.29 is 14.3 Å². The third-order valence-corrected chi connectivity index (χ3v) is 3.46. The molecule has 0 unspecified atom stereocenters. The number of imide groups is 1. The number of carbonyl (C=O) groups excluding carboxylic acids is 2. The fraction of sp³-hybridized carbons (Fsp3) is 0.875. The third-order valence-electron chi connectivity index (χ3n) is 3.46. The molecule has 0 spiro atoms. The fourth-order valence-corrected chi connectivity index (χ4v) is 2.24. The van der Waals surface area contributed by atoms with Crippen LogP contribution >= 0.6 is 0 Å². The number of ether oxygens (including phenoxy) is 1. The Balaban J connectivity index is 3.09. The molecule has 3 amide bonds. The molecular formula is C16H32N2O3. The van der Waals surface area contributed by atoms with Crippen molar-refractivity contribution in [3.05, 3.63) is 0 Å². The average Bonchev–Trinajstić information content (AvgIpc) is 2.43. The summed E-state index contributed by atoms with van der Waals surface area (Å²) in [5.74, 6) is 0. The lowest BCUT2D eigenvalue weighted by Gasteiger charge is -2.04. The summed E-state index contributed by atoms with van der Waals surface area (Å²) in [6.45, 7) is 2.59. The largest absolute Gasteiger partial charge is 0.449 e. The molecule has 124 valence electrons. The smallest absolute Gasteiger partial charge is 0.415 e. The van der Waals surface area contributed by atoms with Crippen LogP contribution in [0.2, 0.25) is 0 Å². The molecule has 3 N–H and O–H groups in total. The summed E-state index contributed by atoms with van der Waals surface area (Å²) in [5.41, 5.74) is 4.79. The summed E-state index contributed by atoms with van der Waals surface area (Å²) in [5, 5.41) is 1.86. The number of rotatable bonds is 13. The molecule has 5 nitrogen and oxygen atoms in total.